The van der Waals surface area contributed by atoms with Gasteiger partial charge in [-0.05, 0) is 25.5 Å². The number of hydrogen-bond donors (Lipinski definition) is 1. The maximum atomic E-state index is 11.3. The molecule has 0 bridgehead atoms. The van der Waals surface area contributed by atoms with E-state index in [0.717, 1.165) is 5.56 Å². The van der Waals surface area contributed by atoms with Gasteiger partial charge in [0, 0.05) is 6.04 Å². The molecule has 6 heteroatoms. The van der Waals surface area contributed by atoms with Crippen molar-refractivity contribution < 1.29 is 9.53 Å². The Morgan fingerprint density at radius 3 is 2.39 bits per heavy atom. The number of ether oxygens (including phenoxy) is 1. The van der Waals surface area contributed by atoms with Crippen LogP contribution in [0.4, 0.5) is 0 Å². The van der Waals surface area contributed by atoms with Crippen molar-refractivity contribution in [1.29, 1.82) is 0 Å². The van der Waals surface area contributed by atoms with Crippen molar-refractivity contribution in [2.75, 3.05) is 7.11 Å². The first kappa shape index (κ1) is 15.6. The fourth-order valence-corrected chi connectivity index (χ4v) is 2.29. The van der Waals surface area contributed by atoms with Gasteiger partial charge in [0.05, 0.1) is 22.2 Å². The van der Waals surface area contributed by atoms with Crippen molar-refractivity contribution in [3.63, 3.8) is 0 Å². The minimum absolute atomic E-state index is 0.152. The summed E-state index contributed by atoms with van der Waals surface area (Å²) in [6.45, 7) is 3.60. The highest BCUT2D eigenvalue weighted by Gasteiger charge is 2.19. The van der Waals surface area contributed by atoms with Gasteiger partial charge in [0.2, 0.25) is 0 Å². The Labute approximate surface area is 121 Å². The topological polar surface area (TPSA) is 38.3 Å². The van der Waals surface area contributed by atoms with E-state index < -0.39 is 6.04 Å². The summed E-state index contributed by atoms with van der Waals surface area (Å²) >= 11 is 17.9. The highest BCUT2D eigenvalue weighted by atomic mass is 35.5. The Hall–Kier alpha value is -0.480. The number of hydrogen-bond acceptors (Lipinski definition) is 3. The highest BCUT2D eigenvalue weighted by molar-refractivity contribution is 6.48. The Bertz CT molecular complexity index is 451. The first-order chi connectivity index (χ1) is 8.38. The van der Waals surface area contributed by atoms with E-state index in [0.29, 0.717) is 15.1 Å². The zero-order valence-electron chi connectivity index (χ0n) is 10.3. The molecule has 0 radical (unpaired) electrons. The minimum Gasteiger partial charge on any atom is -0.468 e. The molecule has 2 unspecified atom stereocenters. The largest absolute Gasteiger partial charge is 0.468 e. The second kappa shape index (κ2) is 6.62. The van der Waals surface area contributed by atoms with E-state index in [1.165, 1.54) is 7.11 Å². The minimum atomic E-state index is -0.435. The third-order valence-electron chi connectivity index (χ3n) is 2.59. The summed E-state index contributed by atoms with van der Waals surface area (Å²) in [6, 6.07) is 2.86. The van der Waals surface area contributed by atoms with Crippen LogP contribution >= 0.6 is 34.8 Å². The lowest BCUT2D eigenvalue weighted by Gasteiger charge is -2.20. The van der Waals surface area contributed by atoms with E-state index >= 15 is 0 Å². The first-order valence-electron chi connectivity index (χ1n) is 5.35. The van der Waals surface area contributed by atoms with Gasteiger partial charge in [-0.2, -0.15) is 0 Å². The van der Waals surface area contributed by atoms with Gasteiger partial charge in [0.1, 0.15) is 6.04 Å². The van der Waals surface area contributed by atoms with Crippen molar-refractivity contribution in [3.05, 3.63) is 32.8 Å². The molecule has 1 aromatic carbocycles. The summed E-state index contributed by atoms with van der Waals surface area (Å²) < 4.78 is 4.64. The molecule has 0 aliphatic rings. The molecule has 0 saturated heterocycles. The fraction of sp³-hybridized carbons (Fsp3) is 0.417. The lowest BCUT2D eigenvalue weighted by atomic mass is 10.1. The summed E-state index contributed by atoms with van der Waals surface area (Å²) in [6.07, 6.45) is 0. The maximum absolute atomic E-state index is 11.3. The molecule has 0 fully saturated rings. The molecule has 0 spiro atoms. The number of esters is 1. The highest BCUT2D eigenvalue weighted by Crippen LogP contribution is 2.35. The molecule has 2 atom stereocenters. The number of rotatable bonds is 4. The van der Waals surface area contributed by atoms with E-state index in [1.807, 2.05) is 6.92 Å². The molecular formula is C12H14Cl3NO2. The van der Waals surface area contributed by atoms with Crippen LogP contribution in [0, 0.1) is 0 Å². The van der Waals surface area contributed by atoms with E-state index in [-0.39, 0.29) is 12.0 Å². The predicted octanol–water partition coefficient (Wildman–Crippen LogP) is 3.86. The number of benzene rings is 1. The van der Waals surface area contributed by atoms with Crippen LogP contribution in [0.25, 0.3) is 0 Å². The summed E-state index contributed by atoms with van der Waals surface area (Å²) in [7, 11) is 1.34. The van der Waals surface area contributed by atoms with E-state index in [2.05, 4.69) is 10.1 Å². The van der Waals surface area contributed by atoms with E-state index in [4.69, 9.17) is 34.8 Å². The summed E-state index contributed by atoms with van der Waals surface area (Å²) in [4.78, 5) is 11.3. The number of carbonyl (C=O) groups is 1. The molecular weight excluding hydrogens is 296 g/mol. The normalized spacial score (nSPS) is 14.1. The summed E-state index contributed by atoms with van der Waals surface area (Å²) in [5.41, 5.74) is 0.779. The molecule has 100 valence electrons. The van der Waals surface area contributed by atoms with Gasteiger partial charge in [-0.25, -0.2) is 0 Å². The van der Waals surface area contributed by atoms with Crippen LogP contribution in [0.3, 0.4) is 0 Å². The maximum Gasteiger partial charge on any atom is 0.322 e. The van der Waals surface area contributed by atoms with Crippen LogP contribution in [-0.2, 0) is 9.53 Å². The van der Waals surface area contributed by atoms with Crippen LogP contribution in [0.1, 0.15) is 25.5 Å². The zero-order valence-corrected chi connectivity index (χ0v) is 12.5. The number of nitrogens with one attached hydrogen (secondary N) is 1. The standard InChI is InChI=1S/C12H14Cl3NO2/c1-6(16-7(2)12(17)18-3)8-4-5-9(13)11(15)10(8)14/h4-7,16H,1-3H3. The smallest absolute Gasteiger partial charge is 0.322 e. The third kappa shape index (κ3) is 3.51. The molecule has 0 amide bonds. The molecule has 0 aromatic heterocycles. The van der Waals surface area contributed by atoms with Crippen LogP contribution in [0.15, 0.2) is 12.1 Å². The summed E-state index contributed by atoms with van der Waals surface area (Å²) in [5.74, 6) is -0.335. The van der Waals surface area contributed by atoms with E-state index in [9.17, 15) is 4.79 Å². The quantitative estimate of drug-likeness (QED) is 0.678. The van der Waals surface area contributed by atoms with Crippen molar-refractivity contribution in [1.82, 2.24) is 5.32 Å². The van der Waals surface area contributed by atoms with Gasteiger partial charge in [-0.3, -0.25) is 10.1 Å². The SMILES string of the molecule is COC(=O)C(C)NC(C)c1ccc(Cl)c(Cl)c1Cl. The van der Waals surface area contributed by atoms with E-state index in [1.54, 1.807) is 19.1 Å². The Balaban J connectivity index is 2.88. The molecule has 0 saturated carbocycles. The molecule has 18 heavy (non-hydrogen) atoms. The molecule has 1 rings (SSSR count). The average molecular weight is 311 g/mol. The van der Waals surface area contributed by atoms with Gasteiger partial charge in [-0.1, -0.05) is 40.9 Å². The van der Waals surface area contributed by atoms with Gasteiger partial charge in [-0.15, -0.1) is 0 Å². The Kier molecular flexibility index (Phi) is 5.73. The first-order valence-corrected chi connectivity index (χ1v) is 6.49. The van der Waals surface area contributed by atoms with Crippen molar-refractivity contribution in [3.8, 4) is 0 Å². The monoisotopic (exact) mass is 309 g/mol. The Morgan fingerprint density at radius 1 is 1.22 bits per heavy atom. The number of halogens is 3. The van der Waals surface area contributed by atoms with Gasteiger partial charge in [0.15, 0.2) is 0 Å². The van der Waals surface area contributed by atoms with Crippen LogP contribution in [-0.4, -0.2) is 19.1 Å². The molecule has 0 heterocycles. The summed E-state index contributed by atoms with van der Waals surface area (Å²) in [5, 5.41) is 4.18. The second-order valence-electron chi connectivity index (χ2n) is 3.90. The molecule has 3 nitrogen and oxygen atoms in total. The van der Waals surface area contributed by atoms with Crippen molar-refractivity contribution >= 4 is 40.8 Å². The van der Waals surface area contributed by atoms with Gasteiger partial charge < -0.3 is 4.74 Å². The van der Waals surface area contributed by atoms with Gasteiger partial charge >= 0.3 is 5.97 Å². The fourth-order valence-electron chi connectivity index (χ4n) is 1.58. The second-order valence-corrected chi connectivity index (χ2v) is 5.06. The van der Waals surface area contributed by atoms with Crippen LogP contribution in [0.2, 0.25) is 15.1 Å². The zero-order chi connectivity index (χ0) is 13.9. The third-order valence-corrected chi connectivity index (χ3v) is 3.89. The molecule has 1 aromatic rings. The Morgan fingerprint density at radius 2 is 1.83 bits per heavy atom. The van der Waals surface area contributed by atoms with Crippen molar-refractivity contribution in [2.24, 2.45) is 0 Å². The number of methoxy groups -OCH3 is 1. The lowest BCUT2D eigenvalue weighted by molar-refractivity contribution is -0.142. The molecule has 0 aliphatic carbocycles. The molecule has 1 N–H and O–H groups in total. The van der Waals surface area contributed by atoms with Crippen LogP contribution in [0.5, 0.6) is 0 Å². The lowest BCUT2D eigenvalue weighted by Crippen LogP contribution is -2.36. The van der Waals surface area contributed by atoms with Crippen molar-refractivity contribution in [2.45, 2.75) is 25.9 Å². The molecule has 0 aliphatic heterocycles. The average Bonchev–Trinajstić information content (AvgIpc) is 2.34. The predicted molar refractivity (Wildman–Crippen MR) is 74.5 cm³/mol. The van der Waals surface area contributed by atoms with Crippen LogP contribution < -0.4 is 5.32 Å². The number of carbonyl (C=O) groups excluding carboxylic acids is 1. The van der Waals surface area contributed by atoms with Gasteiger partial charge in [0.25, 0.3) is 0 Å².